The van der Waals surface area contributed by atoms with Gasteiger partial charge in [0.1, 0.15) is 0 Å². The molecule has 1 atom stereocenters. The summed E-state index contributed by atoms with van der Waals surface area (Å²) in [6.45, 7) is 7.16. The number of nitrogens with zero attached hydrogens (tertiary/aromatic N) is 2. The Bertz CT molecular complexity index is 685. The largest absolute Gasteiger partial charge is 0.324 e. The van der Waals surface area contributed by atoms with Crippen LogP contribution in [0.4, 0.5) is 5.69 Å². The Balaban J connectivity index is 1.72. The molecule has 2 aromatic rings. The number of anilines is 1. The van der Waals surface area contributed by atoms with Gasteiger partial charge in [-0.1, -0.05) is 25.1 Å². The summed E-state index contributed by atoms with van der Waals surface area (Å²) < 4.78 is 0. The normalized spacial score (nSPS) is 22.1. The van der Waals surface area contributed by atoms with Crippen LogP contribution in [0.15, 0.2) is 36.5 Å². The van der Waals surface area contributed by atoms with Crippen LogP contribution in [0.2, 0.25) is 0 Å². The number of amides is 1. The van der Waals surface area contributed by atoms with Gasteiger partial charge in [0.2, 0.25) is 5.91 Å². The predicted molar refractivity (Wildman–Crippen MR) is 89.8 cm³/mol. The first kappa shape index (κ1) is 15.0. The first-order chi connectivity index (χ1) is 10.6. The van der Waals surface area contributed by atoms with Crippen molar-refractivity contribution in [3.05, 3.63) is 36.5 Å². The zero-order valence-corrected chi connectivity index (χ0v) is 13.3. The quantitative estimate of drug-likeness (QED) is 0.942. The predicted octanol–water partition coefficient (Wildman–Crippen LogP) is 3.30. The molecule has 4 heteroatoms. The fourth-order valence-electron chi connectivity index (χ4n) is 3.17. The molecule has 1 aromatic heterocycles. The molecule has 1 aromatic carbocycles. The van der Waals surface area contributed by atoms with Crippen molar-refractivity contribution in [2.45, 2.75) is 26.7 Å². The zero-order valence-electron chi connectivity index (χ0n) is 13.3. The number of para-hydroxylation sites is 1. The molecule has 0 bridgehead atoms. The number of likely N-dealkylation sites (tertiary alicyclic amines) is 1. The van der Waals surface area contributed by atoms with Gasteiger partial charge >= 0.3 is 0 Å². The van der Waals surface area contributed by atoms with E-state index in [4.69, 9.17) is 0 Å². The van der Waals surface area contributed by atoms with Crippen LogP contribution in [0.5, 0.6) is 0 Å². The van der Waals surface area contributed by atoms with Crippen LogP contribution in [-0.4, -0.2) is 35.4 Å². The van der Waals surface area contributed by atoms with Crippen LogP contribution in [0, 0.1) is 5.41 Å². The zero-order chi connectivity index (χ0) is 15.6. The number of carbonyl (C=O) groups excluding carboxylic acids is 1. The van der Waals surface area contributed by atoms with Gasteiger partial charge in [-0.25, -0.2) is 0 Å². The maximum Gasteiger partial charge on any atom is 0.231 e. The minimum absolute atomic E-state index is 0.100. The molecule has 1 aliphatic heterocycles. The van der Waals surface area contributed by atoms with Gasteiger partial charge in [-0.2, -0.15) is 0 Å². The lowest BCUT2D eigenvalue weighted by atomic mass is 9.88. The Kier molecular flexibility index (Phi) is 4.12. The maximum absolute atomic E-state index is 12.7. The van der Waals surface area contributed by atoms with E-state index >= 15 is 0 Å². The molecule has 1 amide bonds. The minimum atomic E-state index is -0.305. The summed E-state index contributed by atoms with van der Waals surface area (Å²) in [5.41, 5.74) is 1.42. The smallest absolute Gasteiger partial charge is 0.231 e. The first-order valence-corrected chi connectivity index (χ1v) is 7.99. The van der Waals surface area contributed by atoms with E-state index in [1.807, 2.05) is 30.3 Å². The molecule has 0 aliphatic carbocycles. The summed E-state index contributed by atoms with van der Waals surface area (Å²) in [6.07, 6.45) is 3.79. The lowest BCUT2D eigenvalue weighted by Gasteiger charge is -2.23. The molecule has 116 valence electrons. The monoisotopic (exact) mass is 297 g/mol. The van der Waals surface area contributed by atoms with E-state index in [0.29, 0.717) is 0 Å². The molecule has 1 unspecified atom stereocenters. The van der Waals surface area contributed by atoms with Crippen molar-refractivity contribution in [3.63, 3.8) is 0 Å². The van der Waals surface area contributed by atoms with Crippen molar-refractivity contribution < 1.29 is 4.79 Å². The van der Waals surface area contributed by atoms with Crippen LogP contribution in [-0.2, 0) is 4.79 Å². The highest BCUT2D eigenvalue weighted by Gasteiger charge is 2.39. The number of carbonyl (C=O) groups is 1. The van der Waals surface area contributed by atoms with Crippen LogP contribution < -0.4 is 5.32 Å². The van der Waals surface area contributed by atoms with Crippen molar-refractivity contribution >= 4 is 22.5 Å². The summed E-state index contributed by atoms with van der Waals surface area (Å²) in [5, 5.41) is 4.10. The van der Waals surface area contributed by atoms with Gasteiger partial charge in [-0.3, -0.25) is 9.78 Å². The lowest BCUT2D eigenvalue weighted by molar-refractivity contribution is -0.124. The van der Waals surface area contributed by atoms with Crippen LogP contribution in [0.3, 0.4) is 0 Å². The Morgan fingerprint density at radius 1 is 1.41 bits per heavy atom. The Hall–Kier alpha value is -1.94. The van der Waals surface area contributed by atoms with Gasteiger partial charge in [-0.05, 0) is 45.0 Å². The number of pyridine rings is 1. The molecule has 4 nitrogen and oxygen atoms in total. The molecular weight excluding hydrogens is 274 g/mol. The molecule has 1 saturated heterocycles. The lowest BCUT2D eigenvalue weighted by Crippen LogP contribution is -2.36. The summed E-state index contributed by atoms with van der Waals surface area (Å²) in [4.78, 5) is 19.4. The van der Waals surface area contributed by atoms with Gasteiger partial charge in [0.15, 0.2) is 0 Å². The van der Waals surface area contributed by atoms with Gasteiger partial charge in [-0.15, -0.1) is 0 Å². The highest BCUT2D eigenvalue weighted by atomic mass is 16.2. The number of rotatable bonds is 4. The van der Waals surface area contributed by atoms with E-state index in [-0.39, 0.29) is 11.3 Å². The number of hydrogen-bond acceptors (Lipinski definition) is 3. The van der Waals surface area contributed by atoms with Crippen molar-refractivity contribution in [2.75, 3.05) is 25.0 Å². The van der Waals surface area contributed by atoms with Crippen LogP contribution in [0.1, 0.15) is 26.7 Å². The summed E-state index contributed by atoms with van der Waals surface area (Å²) in [7, 11) is 0. The molecule has 0 spiro atoms. The number of aromatic nitrogens is 1. The Morgan fingerprint density at radius 3 is 3.05 bits per heavy atom. The molecule has 2 heterocycles. The second-order valence-corrected chi connectivity index (χ2v) is 6.46. The minimum Gasteiger partial charge on any atom is -0.324 e. The average Bonchev–Trinajstić information content (AvgIpc) is 2.90. The van der Waals surface area contributed by atoms with E-state index in [1.54, 1.807) is 6.20 Å². The molecule has 0 saturated carbocycles. The molecule has 1 aliphatic rings. The van der Waals surface area contributed by atoms with Crippen LogP contribution in [0.25, 0.3) is 10.9 Å². The van der Waals surface area contributed by atoms with Crippen molar-refractivity contribution in [1.29, 1.82) is 0 Å². The van der Waals surface area contributed by atoms with Crippen molar-refractivity contribution in [3.8, 4) is 0 Å². The van der Waals surface area contributed by atoms with E-state index in [1.165, 1.54) is 0 Å². The number of nitrogens with one attached hydrogen (secondary N) is 1. The second-order valence-electron chi connectivity index (χ2n) is 6.46. The Labute approximate surface area is 131 Å². The average molecular weight is 297 g/mol. The van der Waals surface area contributed by atoms with Gasteiger partial charge in [0, 0.05) is 11.9 Å². The van der Waals surface area contributed by atoms with E-state index in [0.717, 1.165) is 49.1 Å². The second kappa shape index (κ2) is 6.05. The summed E-state index contributed by atoms with van der Waals surface area (Å²) >= 11 is 0. The third kappa shape index (κ3) is 2.97. The highest BCUT2D eigenvalue weighted by Crippen LogP contribution is 2.31. The van der Waals surface area contributed by atoms with E-state index in [2.05, 4.69) is 29.0 Å². The third-order valence-corrected chi connectivity index (χ3v) is 4.49. The Morgan fingerprint density at radius 2 is 2.23 bits per heavy atom. The van der Waals surface area contributed by atoms with Crippen LogP contribution >= 0.6 is 0 Å². The number of fused-ring (bicyclic) bond motifs is 1. The first-order valence-electron chi connectivity index (χ1n) is 7.99. The van der Waals surface area contributed by atoms with E-state index < -0.39 is 0 Å². The molecule has 1 N–H and O–H groups in total. The highest BCUT2D eigenvalue weighted by molar-refractivity contribution is 5.97. The standard InChI is InChI=1S/C18H23N3O/c1-3-9-21-10-8-18(2,13-21)17(22)20-15-11-14-6-4-5-7-16(14)19-12-15/h4-7,11-12H,3,8-10,13H2,1-2H3,(H,20,22). The molecule has 22 heavy (non-hydrogen) atoms. The molecular formula is C18H23N3O. The molecule has 1 fully saturated rings. The van der Waals surface area contributed by atoms with Crippen molar-refractivity contribution in [1.82, 2.24) is 9.88 Å². The SMILES string of the molecule is CCCN1CCC(C)(C(=O)Nc2cnc3ccccc3c2)C1. The summed E-state index contributed by atoms with van der Waals surface area (Å²) in [5.74, 6) is 0.100. The fourth-order valence-corrected chi connectivity index (χ4v) is 3.17. The van der Waals surface area contributed by atoms with E-state index in [9.17, 15) is 4.79 Å². The summed E-state index contributed by atoms with van der Waals surface area (Å²) in [6, 6.07) is 9.93. The van der Waals surface area contributed by atoms with Gasteiger partial charge in [0.25, 0.3) is 0 Å². The fraction of sp³-hybridized carbons (Fsp3) is 0.444. The van der Waals surface area contributed by atoms with Gasteiger partial charge in [0.05, 0.1) is 22.8 Å². The number of benzene rings is 1. The topological polar surface area (TPSA) is 45.2 Å². The number of hydrogen-bond donors (Lipinski definition) is 1. The maximum atomic E-state index is 12.7. The molecule has 3 rings (SSSR count). The molecule has 0 radical (unpaired) electrons. The van der Waals surface area contributed by atoms with Gasteiger partial charge < -0.3 is 10.2 Å². The van der Waals surface area contributed by atoms with Crippen molar-refractivity contribution in [2.24, 2.45) is 5.41 Å². The third-order valence-electron chi connectivity index (χ3n) is 4.49.